The second-order valence-corrected chi connectivity index (χ2v) is 6.23. The number of benzene rings is 2. The molecule has 0 aliphatic rings. The van der Waals surface area contributed by atoms with Gasteiger partial charge in [-0.3, -0.25) is 0 Å². The molecule has 0 fully saturated rings. The summed E-state index contributed by atoms with van der Waals surface area (Å²) in [7, 11) is 0. The Morgan fingerprint density at radius 3 is 2.50 bits per heavy atom. The highest BCUT2D eigenvalue weighted by atomic mass is 19.1. The number of aromatic nitrogens is 2. The van der Waals surface area contributed by atoms with Gasteiger partial charge in [0.05, 0.1) is 12.2 Å². The van der Waals surface area contributed by atoms with E-state index in [4.69, 9.17) is 13.9 Å². The molecule has 0 bridgehead atoms. The number of unbranched alkanes of at least 4 members (excludes halogenated alkanes) is 1. The Hall–Kier alpha value is -3.22. The predicted octanol–water partition coefficient (Wildman–Crippen LogP) is 4.97. The summed E-state index contributed by atoms with van der Waals surface area (Å²) < 4.78 is 29.5. The molecule has 0 N–H and O–H groups in total. The molecule has 7 heteroatoms. The molecule has 0 unspecified atom stereocenters. The van der Waals surface area contributed by atoms with Crippen LogP contribution in [0.15, 0.2) is 52.9 Å². The monoisotopic (exact) mass is 384 g/mol. The largest absolute Gasteiger partial charge is 0.494 e. The molecule has 146 valence electrons. The van der Waals surface area contributed by atoms with Crippen LogP contribution in [0.4, 0.5) is 4.39 Å². The smallest absolute Gasteiger partial charge is 0.338 e. The zero-order valence-corrected chi connectivity index (χ0v) is 15.7. The molecule has 2 aromatic carbocycles. The van der Waals surface area contributed by atoms with E-state index in [9.17, 15) is 9.18 Å². The van der Waals surface area contributed by atoms with Crippen molar-refractivity contribution < 1.29 is 23.1 Å². The molecule has 0 spiro atoms. The zero-order valence-electron chi connectivity index (χ0n) is 15.7. The minimum absolute atomic E-state index is 0.159. The third-order valence-corrected chi connectivity index (χ3v) is 4.02. The average Bonchev–Trinajstić information content (AvgIpc) is 3.19. The third-order valence-electron chi connectivity index (χ3n) is 4.02. The van der Waals surface area contributed by atoms with Gasteiger partial charge in [0.25, 0.3) is 5.89 Å². The number of hydrogen-bond donors (Lipinski definition) is 0. The Balaban J connectivity index is 1.60. The maximum Gasteiger partial charge on any atom is 0.338 e. The first kappa shape index (κ1) is 19.5. The van der Waals surface area contributed by atoms with Gasteiger partial charge in [0.2, 0.25) is 5.89 Å². The average molecular weight is 384 g/mol. The molecule has 0 aliphatic carbocycles. The fourth-order valence-corrected chi connectivity index (χ4v) is 2.41. The van der Waals surface area contributed by atoms with Crippen molar-refractivity contribution in [3.63, 3.8) is 0 Å². The van der Waals surface area contributed by atoms with E-state index in [2.05, 4.69) is 17.1 Å². The van der Waals surface area contributed by atoms with Crippen LogP contribution in [0.25, 0.3) is 11.5 Å². The van der Waals surface area contributed by atoms with Crippen molar-refractivity contribution in [2.75, 3.05) is 6.61 Å². The molecule has 1 aromatic heterocycles. The SMILES string of the molecule is CCCCOc1ccc(C(=O)O[C@H](C)c2nnc(-c3ccc(F)cc3)o2)cc1. The third kappa shape index (κ3) is 4.94. The van der Waals surface area contributed by atoms with E-state index in [0.29, 0.717) is 23.5 Å². The van der Waals surface area contributed by atoms with Gasteiger partial charge in [-0.1, -0.05) is 13.3 Å². The lowest BCUT2D eigenvalue weighted by Gasteiger charge is -2.10. The number of nitrogens with zero attached hydrogens (tertiary/aromatic N) is 2. The van der Waals surface area contributed by atoms with E-state index in [0.717, 1.165) is 12.8 Å². The molecule has 1 atom stereocenters. The lowest BCUT2D eigenvalue weighted by Crippen LogP contribution is -2.09. The first-order valence-corrected chi connectivity index (χ1v) is 9.10. The van der Waals surface area contributed by atoms with Gasteiger partial charge >= 0.3 is 5.97 Å². The van der Waals surface area contributed by atoms with Gasteiger partial charge in [-0.05, 0) is 61.9 Å². The van der Waals surface area contributed by atoms with Gasteiger partial charge in [-0.25, -0.2) is 9.18 Å². The fraction of sp³-hybridized carbons (Fsp3) is 0.286. The molecule has 0 saturated carbocycles. The first-order valence-electron chi connectivity index (χ1n) is 9.10. The van der Waals surface area contributed by atoms with Crippen molar-refractivity contribution >= 4 is 5.97 Å². The summed E-state index contributed by atoms with van der Waals surface area (Å²) in [5.74, 6) is 0.235. The number of carbonyl (C=O) groups excluding carboxylic acids is 1. The van der Waals surface area contributed by atoms with Crippen LogP contribution in [0.3, 0.4) is 0 Å². The fourth-order valence-electron chi connectivity index (χ4n) is 2.41. The molecule has 3 aromatic rings. The Labute approximate surface area is 162 Å². The molecular weight excluding hydrogens is 363 g/mol. The molecular formula is C21H21FN2O4. The standard InChI is InChI=1S/C21H21FN2O4/c1-3-4-13-26-18-11-7-16(8-12-18)21(25)27-14(2)19-23-24-20(28-19)15-5-9-17(22)10-6-15/h5-12,14H,3-4,13H2,1-2H3/t14-/m1/s1. The van der Waals surface area contributed by atoms with Crippen LogP contribution in [0, 0.1) is 5.82 Å². The van der Waals surface area contributed by atoms with Crippen molar-refractivity contribution in [2.45, 2.75) is 32.8 Å². The summed E-state index contributed by atoms with van der Waals surface area (Å²) in [6.45, 7) is 4.38. The van der Waals surface area contributed by atoms with Gasteiger partial charge in [0.15, 0.2) is 6.10 Å². The lowest BCUT2D eigenvalue weighted by molar-refractivity contribution is 0.0280. The maximum absolute atomic E-state index is 13.0. The second kappa shape index (κ2) is 9.12. The summed E-state index contributed by atoms with van der Waals surface area (Å²) in [6.07, 6.45) is 1.31. The van der Waals surface area contributed by atoms with E-state index in [1.54, 1.807) is 31.2 Å². The van der Waals surface area contributed by atoms with Crippen LogP contribution >= 0.6 is 0 Å². The maximum atomic E-state index is 13.0. The molecule has 0 saturated heterocycles. The Morgan fingerprint density at radius 2 is 1.82 bits per heavy atom. The van der Waals surface area contributed by atoms with Crippen molar-refractivity contribution in [1.82, 2.24) is 10.2 Å². The van der Waals surface area contributed by atoms with E-state index in [-0.39, 0.29) is 17.6 Å². The quantitative estimate of drug-likeness (QED) is 0.403. The summed E-state index contributed by atoms with van der Waals surface area (Å²) >= 11 is 0. The number of esters is 1. The number of hydrogen-bond acceptors (Lipinski definition) is 6. The molecule has 0 aliphatic heterocycles. The van der Waals surface area contributed by atoms with Crippen LogP contribution in [0.5, 0.6) is 5.75 Å². The first-order chi connectivity index (χ1) is 13.6. The number of halogens is 1. The van der Waals surface area contributed by atoms with Crippen LogP contribution in [-0.4, -0.2) is 22.8 Å². The van der Waals surface area contributed by atoms with Gasteiger partial charge in [0, 0.05) is 5.56 Å². The van der Waals surface area contributed by atoms with Crippen molar-refractivity contribution in [3.8, 4) is 17.2 Å². The molecule has 0 amide bonds. The molecule has 3 rings (SSSR count). The second-order valence-electron chi connectivity index (χ2n) is 6.23. The van der Waals surface area contributed by atoms with E-state index in [1.807, 2.05) is 0 Å². The Kier molecular flexibility index (Phi) is 6.37. The van der Waals surface area contributed by atoms with E-state index in [1.165, 1.54) is 24.3 Å². The lowest BCUT2D eigenvalue weighted by atomic mass is 10.2. The number of carbonyl (C=O) groups is 1. The Morgan fingerprint density at radius 1 is 1.11 bits per heavy atom. The van der Waals surface area contributed by atoms with Gasteiger partial charge in [0.1, 0.15) is 11.6 Å². The van der Waals surface area contributed by atoms with Crippen LogP contribution in [-0.2, 0) is 4.74 Å². The predicted molar refractivity (Wildman–Crippen MR) is 100 cm³/mol. The van der Waals surface area contributed by atoms with Crippen LogP contribution in [0.2, 0.25) is 0 Å². The van der Waals surface area contributed by atoms with Crippen LogP contribution < -0.4 is 4.74 Å². The number of ether oxygens (including phenoxy) is 2. The van der Waals surface area contributed by atoms with Crippen LogP contribution in [0.1, 0.15) is 49.0 Å². The minimum atomic E-state index is -0.727. The van der Waals surface area contributed by atoms with Crippen molar-refractivity contribution in [2.24, 2.45) is 0 Å². The normalized spacial score (nSPS) is 11.8. The zero-order chi connectivity index (χ0) is 19.9. The van der Waals surface area contributed by atoms with Gasteiger partial charge < -0.3 is 13.9 Å². The Bertz CT molecular complexity index is 907. The van der Waals surface area contributed by atoms with E-state index < -0.39 is 12.1 Å². The molecule has 0 radical (unpaired) electrons. The van der Waals surface area contributed by atoms with Gasteiger partial charge in [-0.15, -0.1) is 10.2 Å². The summed E-state index contributed by atoms with van der Waals surface area (Å²) in [4.78, 5) is 12.3. The minimum Gasteiger partial charge on any atom is -0.494 e. The highest BCUT2D eigenvalue weighted by molar-refractivity contribution is 5.89. The summed E-state index contributed by atoms with van der Waals surface area (Å²) in [6, 6.07) is 12.4. The highest BCUT2D eigenvalue weighted by Crippen LogP contribution is 2.23. The molecule has 6 nitrogen and oxygen atoms in total. The van der Waals surface area contributed by atoms with Crippen molar-refractivity contribution in [1.29, 1.82) is 0 Å². The summed E-state index contributed by atoms with van der Waals surface area (Å²) in [5, 5.41) is 7.83. The number of rotatable bonds is 8. The highest BCUT2D eigenvalue weighted by Gasteiger charge is 2.20. The summed E-state index contributed by atoms with van der Waals surface area (Å²) in [5.41, 5.74) is 0.977. The topological polar surface area (TPSA) is 74.5 Å². The van der Waals surface area contributed by atoms with E-state index >= 15 is 0 Å². The van der Waals surface area contributed by atoms with Gasteiger partial charge in [-0.2, -0.15) is 0 Å². The molecule has 1 heterocycles. The molecule has 28 heavy (non-hydrogen) atoms. The van der Waals surface area contributed by atoms with Crippen molar-refractivity contribution in [3.05, 3.63) is 65.8 Å².